The first-order valence-corrected chi connectivity index (χ1v) is 8.31. The first-order valence-electron chi connectivity index (χ1n) is 7.94. The maximum Gasteiger partial charge on any atom is 0.141 e. The molecule has 1 fully saturated rings. The van der Waals surface area contributed by atoms with Gasteiger partial charge in [0.1, 0.15) is 5.82 Å². The molecule has 0 aliphatic carbocycles. The SMILES string of the molecule is CC(O)C1CN(Cc2ccccc2)CC1c1ccc(F)c(Cl)c1. The third-order valence-corrected chi connectivity index (χ3v) is 4.97. The Labute approximate surface area is 141 Å². The Morgan fingerprint density at radius 2 is 1.96 bits per heavy atom. The molecule has 2 aromatic carbocycles. The van der Waals surface area contributed by atoms with Crippen molar-refractivity contribution < 1.29 is 9.50 Å². The summed E-state index contributed by atoms with van der Waals surface area (Å²) in [6.45, 7) is 4.35. The topological polar surface area (TPSA) is 23.5 Å². The van der Waals surface area contributed by atoms with Gasteiger partial charge in [-0.05, 0) is 30.2 Å². The van der Waals surface area contributed by atoms with Crippen molar-refractivity contribution in [3.05, 3.63) is 70.5 Å². The van der Waals surface area contributed by atoms with Gasteiger partial charge >= 0.3 is 0 Å². The predicted molar refractivity (Wildman–Crippen MR) is 91.0 cm³/mol. The summed E-state index contributed by atoms with van der Waals surface area (Å²) in [7, 11) is 0. The Kier molecular flexibility index (Phi) is 5.00. The molecule has 1 N–H and O–H groups in total. The third kappa shape index (κ3) is 3.74. The second-order valence-electron chi connectivity index (χ2n) is 6.36. The van der Waals surface area contributed by atoms with Crippen LogP contribution in [0.3, 0.4) is 0 Å². The van der Waals surface area contributed by atoms with Crippen molar-refractivity contribution in [2.24, 2.45) is 5.92 Å². The van der Waals surface area contributed by atoms with Crippen LogP contribution in [0.1, 0.15) is 24.0 Å². The van der Waals surface area contributed by atoms with Crippen LogP contribution in [0.15, 0.2) is 48.5 Å². The summed E-state index contributed by atoms with van der Waals surface area (Å²) in [4.78, 5) is 2.34. The van der Waals surface area contributed by atoms with E-state index in [4.69, 9.17) is 11.6 Å². The van der Waals surface area contributed by atoms with E-state index in [1.807, 2.05) is 25.1 Å². The van der Waals surface area contributed by atoms with Gasteiger partial charge in [0.15, 0.2) is 0 Å². The van der Waals surface area contributed by atoms with E-state index in [1.54, 1.807) is 12.1 Å². The van der Waals surface area contributed by atoms with Crippen molar-refractivity contribution in [1.29, 1.82) is 0 Å². The minimum absolute atomic E-state index is 0.125. The van der Waals surface area contributed by atoms with E-state index in [9.17, 15) is 9.50 Å². The summed E-state index contributed by atoms with van der Waals surface area (Å²) in [5, 5.41) is 10.3. The van der Waals surface area contributed by atoms with E-state index < -0.39 is 11.9 Å². The van der Waals surface area contributed by atoms with Crippen molar-refractivity contribution >= 4 is 11.6 Å². The zero-order valence-corrected chi connectivity index (χ0v) is 13.9. The number of halogens is 2. The molecule has 2 nitrogen and oxygen atoms in total. The van der Waals surface area contributed by atoms with E-state index in [2.05, 4.69) is 17.0 Å². The maximum absolute atomic E-state index is 13.4. The number of aliphatic hydroxyl groups is 1. The van der Waals surface area contributed by atoms with E-state index in [1.165, 1.54) is 11.6 Å². The second kappa shape index (κ2) is 7.00. The Balaban J connectivity index is 1.79. The summed E-state index contributed by atoms with van der Waals surface area (Å²) in [6.07, 6.45) is -0.412. The lowest BCUT2D eigenvalue weighted by molar-refractivity contribution is 0.120. The summed E-state index contributed by atoms with van der Waals surface area (Å²) in [5.74, 6) is -0.111. The average molecular weight is 334 g/mol. The molecule has 0 radical (unpaired) electrons. The molecule has 3 atom stereocenters. The Hall–Kier alpha value is -1.42. The molecule has 1 saturated heterocycles. The predicted octanol–water partition coefficient (Wildman–Crippen LogP) is 4.08. The van der Waals surface area contributed by atoms with Gasteiger partial charge in [0.25, 0.3) is 0 Å². The molecule has 3 unspecified atom stereocenters. The molecular weight excluding hydrogens is 313 g/mol. The van der Waals surface area contributed by atoms with Gasteiger partial charge in [0.05, 0.1) is 11.1 Å². The first kappa shape index (κ1) is 16.4. The van der Waals surface area contributed by atoms with Gasteiger partial charge in [0, 0.05) is 31.5 Å². The lowest BCUT2D eigenvalue weighted by Gasteiger charge is -2.21. The molecule has 0 bridgehead atoms. The second-order valence-corrected chi connectivity index (χ2v) is 6.77. The van der Waals surface area contributed by atoms with Gasteiger partial charge in [-0.25, -0.2) is 4.39 Å². The Morgan fingerprint density at radius 1 is 1.22 bits per heavy atom. The Bertz CT molecular complexity index is 662. The minimum atomic E-state index is -0.412. The van der Waals surface area contributed by atoms with Crippen LogP contribution in [0, 0.1) is 11.7 Å². The highest BCUT2D eigenvalue weighted by Gasteiger charge is 2.36. The van der Waals surface area contributed by atoms with Crippen LogP contribution in [-0.4, -0.2) is 29.2 Å². The lowest BCUT2D eigenvalue weighted by Crippen LogP contribution is -2.25. The van der Waals surface area contributed by atoms with Crippen molar-refractivity contribution in [1.82, 2.24) is 4.90 Å². The minimum Gasteiger partial charge on any atom is -0.393 e. The number of rotatable bonds is 4. The molecule has 1 aliphatic heterocycles. The van der Waals surface area contributed by atoms with Gasteiger partial charge in [-0.1, -0.05) is 48.0 Å². The molecule has 0 aromatic heterocycles. The summed E-state index contributed by atoms with van der Waals surface area (Å²) < 4.78 is 13.4. The fraction of sp³-hybridized carbons (Fsp3) is 0.368. The molecule has 1 heterocycles. The van der Waals surface area contributed by atoms with Gasteiger partial charge in [0.2, 0.25) is 0 Å². The molecule has 0 spiro atoms. The van der Waals surface area contributed by atoms with Crippen LogP contribution in [-0.2, 0) is 6.54 Å². The van der Waals surface area contributed by atoms with E-state index >= 15 is 0 Å². The molecular formula is C19H21ClFNO. The number of hydrogen-bond acceptors (Lipinski definition) is 2. The largest absolute Gasteiger partial charge is 0.393 e. The van der Waals surface area contributed by atoms with E-state index in [-0.39, 0.29) is 16.9 Å². The quantitative estimate of drug-likeness (QED) is 0.911. The van der Waals surface area contributed by atoms with E-state index in [0.29, 0.717) is 0 Å². The molecule has 0 saturated carbocycles. The highest BCUT2D eigenvalue weighted by molar-refractivity contribution is 6.30. The van der Waals surface area contributed by atoms with Gasteiger partial charge in [-0.2, -0.15) is 0 Å². The molecule has 2 aromatic rings. The monoisotopic (exact) mass is 333 g/mol. The van der Waals surface area contributed by atoms with Crippen LogP contribution in [0.2, 0.25) is 5.02 Å². The zero-order valence-electron chi connectivity index (χ0n) is 13.1. The van der Waals surface area contributed by atoms with Crippen LogP contribution >= 0.6 is 11.6 Å². The first-order chi connectivity index (χ1) is 11.0. The van der Waals surface area contributed by atoms with E-state index in [0.717, 1.165) is 25.2 Å². The number of aliphatic hydroxyl groups excluding tert-OH is 1. The highest BCUT2D eigenvalue weighted by atomic mass is 35.5. The van der Waals surface area contributed by atoms with Crippen molar-refractivity contribution in [3.63, 3.8) is 0 Å². The molecule has 3 rings (SSSR count). The fourth-order valence-electron chi connectivity index (χ4n) is 3.47. The van der Waals surface area contributed by atoms with Crippen LogP contribution < -0.4 is 0 Å². The molecule has 4 heteroatoms. The Morgan fingerprint density at radius 3 is 2.61 bits per heavy atom. The van der Waals surface area contributed by atoms with Gasteiger partial charge in [-0.15, -0.1) is 0 Å². The van der Waals surface area contributed by atoms with Crippen molar-refractivity contribution in [2.75, 3.05) is 13.1 Å². The van der Waals surface area contributed by atoms with Crippen LogP contribution in [0.5, 0.6) is 0 Å². The highest BCUT2D eigenvalue weighted by Crippen LogP contribution is 2.36. The van der Waals surface area contributed by atoms with Gasteiger partial charge in [-0.3, -0.25) is 4.90 Å². The smallest absolute Gasteiger partial charge is 0.141 e. The molecule has 23 heavy (non-hydrogen) atoms. The molecule has 0 amide bonds. The summed E-state index contributed by atoms with van der Waals surface area (Å²) in [6, 6.07) is 15.2. The maximum atomic E-state index is 13.4. The number of hydrogen-bond donors (Lipinski definition) is 1. The van der Waals surface area contributed by atoms with Crippen LogP contribution in [0.4, 0.5) is 4.39 Å². The number of benzene rings is 2. The standard InChI is InChI=1S/C19H21ClFNO/c1-13(23)16-11-22(10-14-5-3-2-4-6-14)12-17(16)15-7-8-19(21)18(20)9-15/h2-9,13,16-17,23H,10-12H2,1H3. The fourth-order valence-corrected chi connectivity index (χ4v) is 3.66. The normalized spacial score (nSPS) is 23.1. The van der Waals surface area contributed by atoms with Crippen LogP contribution in [0.25, 0.3) is 0 Å². The number of nitrogens with zero attached hydrogens (tertiary/aromatic N) is 1. The number of likely N-dealkylation sites (tertiary alicyclic amines) is 1. The molecule has 122 valence electrons. The molecule has 1 aliphatic rings. The summed E-state index contributed by atoms with van der Waals surface area (Å²) in [5.41, 5.74) is 2.26. The lowest BCUT2D eigenvalue weighted by atomic mass is 9.86. The third-order valence-electron chi connectivity index (χ3n) is 4.68. The summed E-state index contributed by atoms with van der Waals surface area (Å²) >= 11 is 5.93. The van der Waals surface area contributed by atoms with Crippen molar-refractivity contribution in [3.8, 4) is 0 Å². The average Bonchev–Trinajstić information content (AvgIpc) is 2.95. The van der Waals surface area contributed by atoms with Gasteiger partial charge < -0.3 is 5.11 Å². The van der Waals surface area contributed by atoms with Crippen molar-refractivity contribution in [2.45, 2.75) is 25.5 Å². The zero-order chi connectivity index (χ0) is 16.4.